The number of sulfonamides is 1. The van der Waals surface area contributed by atoms with Crippen molar-refractivity contribution in [2.24, 2.45) is 5.10 Å². The third kappa shape index (κ3) is 6.75. The first-order valence-corrected chi connectivity index (χ1v) is 12.7. The van der Waals surface area contributed by atoms with E-state index in [1.807, 2.05) is 24.3 Å². The van der Waals surface area contributed by atoms with Crippen molar-refractivity contribution in [3.8, 4) is 5.75 Å². The van der Waals surface area contributed by atoms with Gasteiger partial charge in [0.15, 0.2) is 0 Å². The number of benzene rings is 2. The topological polar surface area (TPSA) is 114 Å². The van der Waals surface area contributed by atoms with Crippen LogP contribution >= 0.6 is 0 Å². The van der Waals surface area contributed by atoms with Gasteiger partial charge in [0.25, 0.3) is 5.69 Å². The molecule has 0 aliphatic carbocycles. The Morgan fingerprint density at radius 2 is 1.85 bits per heavy atom. The molecule has 0 saturated carbocycles. The molecule has 2 aromatic rings. The van der Waals surface area contributed by atoms with E-state index in [-0.39, 0.29) is 16.3 Å². The van der Waals surface area contributed by atoms with Gasteiger partial charge in [0, 0.05) is 19.2 Å². The van der Waals surface area contributed by atoms with E-state index in [9.17, 15) is 18.5 Å². The van der Waals surface area contributed by atoms with Crippen LogP contribution in [0.2, 0.25) is 0 Å². The van der Waals surface area contributed by atoms with Crippen molar-refractivity contribution in [1.82, 2.24) is 4.31 Å². The lowest BCUT2D eigenvalue weighted by Gasteiger charge is -2.15. The second-order valence-corrected chi connectivity index (χ2v) is 9.83. The van der Waals surface area contributed by atoms with Gasteiger partial charge in [-0.05, 0) is 61.2 Å². The average molecular weight is 475 g/mol. The van der Waals surface area contributed by atoms with Gasteiger partial charge in [0.2, 0.25) is 10.0 Å². The molecular weight excluding hydrogens is 444 g/mol. The minimum Gasteiger partial charge on any atom is -0.494 e. The van der Waals surface area contributed by atoms with Crippen LogP contribution in [0.4, 0.5) is 11.4 Å². The first kappa shape index (κ1) is 24.7. The number of hydrogen-bond acceptors (Lipinski definition) is 7. The quantitative estimate of drug-likeness (QED) is 0.205. The van der Waals surface area contributed by atoms with E-state index in [0.717, 1.165) is 43.1 Å². The lowest BCUT2D eigenvalue weighted by Crippen LogP contribution is -2.27. The number of hydrazone groups is 1. The lowest BCUT2D eigenvalue weighted by molar-refractivity contribution is -0.384. The summed E-state index contributed by atoms with van der Waals surface area (Å²) in [5.41, 5.74) is 3.20. The van der Waals surface area contributed by atoms with Crippen LogP contribution in [0.1, 0.15) is 51.0 Å². The van der Waals surface area contributed by atoms with E-state index in [2.05, 4.69) is 17.5 Å². The van der Waals surface area contributed by atoms with Gasteiger partial charge < -0.3 is 4.74 Å². The lowest BCUT2D eigenvalue weighted by atomic mass is 10.2. The fourth-order valence-corrected chi connectivity index (χ4v) is 5.08. The van der Waals surface area contributed by atoms with Gasteiger partial charge >= 0.3 is 0 Å². The standard InChI is InChI=1S/C23H30N4O5S/c1-2-3-4-7-16-32-20-10-8-19(9-11-20)18-24-25-22-13-12-21(17-23(22)27(28)29)33(30,31)26-14-5-6-15-26/h8-13,17-18,25H,2-7,14-16H2,1H3/b24-18-. The summed E-state index contributed by atoms with van der Waals surface area (Å²) in [6.45, 7) is 3.72. The molecule has 1 fully saturated rings. The van der Waals surface area contributed by atoms with Crippen molar-refractivity contribution in [3.05, 3.63) is 58.1 Å². The smallest absolute Gasteiger partial charge is 0.295 e. The molecule has 0 spiro atoms. The molecule has 3 rings (SSSR count). The molecule has 2 aromatic carbocycles. The van der Waals surface area contributed by atoms with Crippen molar-refractivity contribution in [2.45, 2.75) is 50.3 Å². The van der Waals surface area contributed by atoms with Gasteiger partial charge in [-0.2, -0.15) is 9.41 Å². The zero-order valence-electron chi connectivity index (χ0n) is 18.8. The maximum absolute atomic E-state index is 12.7. The predicted octanol–water partition coefficient (Wildman–Crippen LogP) is 4.78. The number of ether oxygens (including phenoxy) is 1. The highest BCUT2D eigenvalue weighted by Gasteiger charge is 2.29. The van der Waals surface area contributed by atoms with Crippen LogP contribution in [-0.4, -0.2) is 43.6 Å². The fourth-order valence-electron chi connectivity index (χ4n) is 3.54. The number of unbranched alkanes of at least 4 members (excludes halogenated alkanes) is 3. The monoisotopic (exact) mass is 474 g/mol. The van der Waals surface area contributed by atoms with E-state index >= 15 is 0 Å². The van der Waals surface area contributed by atoms with Crippen LogP contribution in [0.25, 0.3) is 0 Å². The molecule has 0 amide bonds. The van der Waals surface area contributed by atoms with Gasteiger partial charge in [-0.15, -0.1) is 0 Å². The summed E-state index contributed by atoms with van der Waals surface area (Å²) in [7, 11) is -3.74. The van der Waals surface area contributed by atoms with Crippen molar-refractivity contribution in [2.75, 3.05) is 25.1 Å². The minimum absolute atomic E-state index is 0.0871. The summed E-state index contributed by atoms with van der Waals surface area (Å²) in [4.78, 5) is 10.8. The third-order valence-electron chi connectivity index (χ3n) is 5.41. The molecule has 0 atom stereocenters. The predicted molar refractivity (Wildman–Crippen MR) is 128 cm³/mol. The molecule has 1 N–H and O–H groups in total. The van der Waals surface area contributed by atoms with Crippen molar-refractivity contribution >= 4 is 27.6 Å². The Labute approximate surface area is 194 Å². The van der Waals surface area contributed by atoms with Gasteiger partial charge in [0.05, 0.1) is 22.6 Å². The molecular formula is C23H30N4O5S. The van der Waals surface area contributed by atoms with Crippen molar-refractivity contribution in [1.29, 1.82) is 0 Å². The summed E-state index contributed by atoms with van der Waals surface area (Å²) < 4.78 is 32.5. The van der Waals surface area contributed by atoms with Crippen LogP contribution in [-0.2, 0) is 10.0 Å². The summed E-state index contributed by atoms with van der Waals surface area (Å²) in [6.07, 6.45) is 7.70. The van der Waals surface area contributed by atoms with Gasteiger partial charge in [-0.25, -0.2) is 8.42 Å². The number of rotatable bonds is 12. The highest BCUT2D eigenvalue weighted by Crippen LogP contribution is 2.30. The minimum atomic E-state index is -3.74. The molecule has 0 bridgehead atoms. The Bertz CT molecular complexity index is 1060. The maximum atomic E-state index is 12.7. The van der Waals surface area contributed by atoms with E-state index in [1.54, 1.807) is 0 Å². The number of nitro groups is 1. The van der Waals surface area contributed by atoms with E-state index in [1.165, 1.54) is 35.5 Å². The van der Waals surface area contributed by atoms with Crippen molar-refractivity contribution < 1.29 is 18.1 Å². The number of nitro benzene ring substituents is 1. The fraction of sp³-hybridized carbons (Fsp3) is 0.435. The largest absolute Gasteiger partial charge is 0.494 e. The van der Waals surface area contributed by atoms with E-state index in [0.29, 0.717) is 19.7 Å². The average Bonchev–Trinajstić information content (AvgIpc) is 3.36. The second kappa shape index (κ2) is 11.8. The number of anilines is 1. The van der Waals surface area contributed by atoms with Crippen LogP contribution < -0.4 is 10.2 Å². The molecule has 1 aliphatic heterocycles. The van der Waals surface area contributed by atoms with Crippen LogP contribution in [0, 0.1) is 10.1 Å². The SMILES string of the molecule is CCCCCCOc1ccc(/C=N\Nc2ccc(S(=O)(=O)N3CCCC3)cc2[N+](=O)[O-])cc1. The zero-order valence-corrected chi connectivity index (χ0v) is 19.6. The molecule has 1 heterocycles. The first-order chi connectivity index (χ1) is 15.9. The molecule has 10 heteroatoms. The Morgan fingerprint density at radius 3 is 2.52 bits per heavy atom. The number of hydrogen-bond donors (Lipinski definition) is 1. The number of nitrogens with zero attached hydrogens (tertiary/aromatic N) is 3. The molecule has 1 saturated heterocycles. The summed E-state index contributed by atoms with van der Waals surface area (Å²) in [5.74, 6) is 0.780. The molecule has 9 nitrogen and oxygen atoms in total. The number of nitrogens with one attached hydrogen (secondary N) is 1. The van der Waals surface area contributed by atoms with Crippen LogP contribution in [0.5, 0.6) is 5.75 Å². The zero-order chi connectivity index (χ0) is 23.7. The molecule has 33 heavy (non-hydrogen) atoms. The van der Waals surface area contributed by atoms with Gasteiger partial charge in [-0.3, -0.25) is 15.5 Å². The Balaban J connectivity index is 1.62. The molecule has 0 unspecified atom stereocenters. The molecule has 1 aliphatic rings. The van der Waals surface area contributed by atoms with E-state index < -0.39 is 14.9 Å². The second-order valence-electron chi connectivity index (χ2n) is 7.90. The molecule has 178 valence electrons. The van der Waals surface area contributed by atoms with Crippen molar-refractivity contribution in [3.63, 3.8) is 0 Å². The van der Waals surface area contributed by atoms with Crippen LogP contribution in [0.15, 0.2) is 52.5 Å². The summed E-state index contributed by atoms with van der Waals surface area (Å²) in [5, 5.41) is 15.6. The first-order valence-electron chi connectivity index (χ1n) is 11.2. The van der Waals surface area contributed by atoms with Gasteiger partial charge in [-0.1, -0.05) is 26.2 Å². The molecule has 0 radical (unpaired) electrons. The highest BCUT2D eigenvalue weighted by molar-refractivity contribution is 7.89. The highest BCUT2D eigenvalue weighted by atomic mass is 32.2. The van der Waals surface area contributed by atoms with Crippen LogP contribution in [0.3, 0.4) is 0 Å². The normalized spacial score (nSPS) is 14.6. The Morgan fingerprint density at radius 1 is 1.12 bits per heavy atom. The summed E-state index contributed by atoms with van der Waals surface area (Å²) >= 11 is 0. The maximum Gasteiger partial charge on any atom is 0.295 e. The molecule has 0 aromatic heterocycles. The van der Waals surface area contributed by atoms with Gasteiger partial charge in [0.1, 0.15) is 11.4 Å². The Hall–Kier alpha value is -2.98. The van der Waals surface area contributed by atoms with E-state index in [4.69, 9.17) is 4.74 Å². The Kier molecular flexibility index (Phi) is 8.79. The summed E-state index contributed by atoms with van der Waals surface area (Å²) in [6, 6.07) is 11.2. The third-order valence-corrected chi connectivity index (χ3v) is 7.31.